The molecule has 1 saturated carbocycles. The summed E-state index contributed by atoms with van der Waals surface area (Å²) in [6.45, 7) is 4.31. The molecule has 1 aliphatic carbocycles. The standard InChI is InChI=1S/C31H42N4O5/c1-21-18-35(22(2)20-36)29(37)17-24-16-26(32-30(38)23-10-6-4-7-11-23)14-15-27(24)40-28(21)19-34(3)31(39)33-25-12-8-5-9-13-25/h5,8-9,12-16,21-23,28,36H,4,6-7,10-11,17-20H2,1-3H3,(H,32,38)(H,33,39)/t21-,22+,28-/m0/s1. The van der Waals surface area contributed by atoms with Crippen molar-refractivity contribution >= 4 is 29.2 Å². The number of anilines is 2. The Morgan fingerprint density at radius 3 is 2.50 bits per heavy atom. The first-order valence-electron chi connectivity index (χ1n) is 14.3. The van der Waals surface area contributed by atoms with Crippen molar-refractivity contribution < 1.29 is 24.2 Å². The molecule has 2 aromatic carbocycles. The number of aliphatic hydroxyl groups excluding tert-OH is 1. The second kappa shape index (κ2) is 13.7. The Hall–Kier alpha value is -3.59. The number of amides is 4. The van der Waals surface area contributed by atoms with Gasteiger partial charge >= 0.3 is 6.03 Å². The zero-order valence-electron chi connectivity index (χ0n) is 23.8. The number of rotatable bonds is 7. The molecular formula is C31H42N4O5. The van der Waals surface area contributed by atoms with E-state index in [-0.39, 0.29) is 55.3 Å². The Kier molecular flexibility index (Phi) is 10.0. The SMILES string of the molecule is C[C@H](CO)N1C[C@H](C)[C@H](CN(C)C(=O)Nc2ccccc2)Oc2ccc(NC(=O)C3CCCCC3)cc2CC1=O. The Morgan fingerprint density at radius 1 is 1.07 bits per heavy atom. The normalized spacial score (nSPS) is 20.7. The van der Waals surface area contributed by atoms with Gasteiger partial charge < -0.3 is 30.3 Å². The zero-order chi connectivity index (χ0) is 28.6. The van der Waals surface area contributed by atoms with Crippen molar-refractivity contribution in [3.63, 3.8) is 0 Å². The number of urea groups is 1. The van der Waals surface area contributed by atoms with E-state index < -0.39 is 6.10 Å². The van der Waals surface area contributed by atoms with E-state index in [1.54, 1.807) is 22.9 Å². The minimum Gasteiger partial charge on any atom is -0.488 e. The number of aliphatic hydroxyl groups is 1. The Labute approximate surface area is 236 Å². The molecular weight excluding hydrogens is 508 g/mol. The third-order valence-corrected chi connectivity index (χ3v) is 7.99. The lowest BCUT2D eigenvalue weighted by molar-refractivity contribution is -0.134. The number of carbonyl (C=O) groups is 3. The number of ether oxygens (including phenoxy) is 1. The maximum Gasteiger partial charge on any atom is 0.321 e. The first kappa shape index (κ1) is 29.4. The maximum atomic E-state index is 13.4. The number of likely N-dealkylation sites (N-methyl/N-ethyl adjacent to an activating group) is 1. The minimum absolute atomic E-state index is 0.0144. The van der Waals surface area contributed by atoms with E-state index in [4.69, 9.17) is 4.74 Å². The molecule has 0 aromatic heterocycles. The van der Waals surface area contributed by atoms with Gasteiger partial charge in [-0.3, -0.25) is 9.59 Å². The number of nitrogens with one attached hydrogen (secondary N) is 2. The van der Waals surface area contributed by atoms with Crippen LogP contribution in [0.5, 0.6) is 5.75 Å². The smallest absolute Gasteiger partial charge is 0.321 e. The molecule has 9 nitrogen and oxygen atoms in total. The average molecular weight is 551 g/mol. The van der Waals surface area contributed by atoms with Gasteiger partial charge in [-0.2, -0.15) is 0 Å². The van der Waals surface area contributed by atoms with Gasteiger partial charge in [0.1, 0.15) is 11.9 Å². The van der Waals surface area contributed by atoms with Crippen molar-refractivity contribution in [2.24, 2.45) is 11.8 Å². The number of para-hydroxylation sites is 1. The van der Waals surface area contributed by atoms with Crippen molar-refractivity contribution in [1.82, 2.24) is 9.80 Å². The molecule has 2 aliphatic rings. The summed E-state index contributed by atoms with van der Waals surface area (Å²) < 4.78 is 6.51. The molecule has 4 amide bonds. The third kappa shape index (κ3) is 7.53. The van der Waals surface area contributed by atoms with E-state index in [1.807, 2.05) is 56.3 Å². The summed E-state index contributed by atoms with van der Waals surface area (Å²) in [5.74, 6) is 0.325. The van der Waals surface area contributed by atoms with Gasteiger partial charge in [-0.1, -0.05) is 44.4 Å². The first-order valence-corrected chi connectivity index (χ1v) is 14.3. The number of benzene rings is 2. The zero-order valence-corrected chi connectivity index (χ0v) is 23.8. The predicted molar refractivity (Wildman–Crippen MR) is 155 cm³/mol. The molecule has 1 fully saturated rings. The summed E-state index contributed by atoms with van der Waals surface area (Å²) in [7, 11) is 1.71. The molecule has 0 saturated heterocycles. The highest BCUT2D eigenvalue weighted by molar-refractivity contribution is 5.93. The summed E-state index contributed by atoms with van der Waals surface area (Å²) in [6, 6.07) is 14.0. The molecule has 216 valence electrons. The maximum absolute atomic E-state index is 13.4. The molecule has 0 bridgehead atoms. The lowest BCUT2D eigenvalue weighted by Gasteiger charge is -2.34. The lowest BCUT2D eigenvalue weighted by atomic mass is 9.88. The van der Waals surface area contributed by atoms with Gasteiger partial charge in [-0.25, -0.2) is 4.79 Å². The van der Waals surface area contributed by atoms with Crippen LogP contribution in [0.3, 0.4) is 0 Å². The van der Waals surface area contributed by atoms with Crippen molar-refractivity contribution in [2.45, 2.75) is 64.5 Å². The van der Waals surface area contributed by atoms with Crippen LogP contribution in [0.1, 0.15) is 51.5 Å². The van der Waals surface area contributed by atoms with E-state index in [9.17, 15) is 19.5 Å². The fourth-order valence-electron chi connectivity index (χ4n) is 5.43. The quantitative estimate of drug-likeness (QED) is 0.470. The molecule has 1 aliphatic heterocycles. The van der Waals surface area contributed by atoms with Gasteiger partial charge in [0.15, 0.2) is 0 Å². The van der Waals surface area contributed by atoms with Gasteiger partial charge in [-0.05, 0) is 50.1 Å². The number of nitrogens with zero attached hydrogens (tertiary/aromatic N) is 2. The average Bonchev–Trinajstić information content (AvgIpc) is 3.01. The highest BCUT2D eigenvalue weighted by Crippen LogP contribution is 2.30. The summed E-state index contributed by atoms with van der Waals surface area (Å²) in [6.07, 6.45) is 4.77. The molecule has 3 N–H and O–H groups in total. The van der Waals surface area contributed by atoms with E-state index in [1.165, 1.54) is 6.42 Å². The number of hydrogen-bond donors (Lipinski definition) is 3. The second-order valence-electron chi connectivity index (χ2n) is 11.2. The van der Waals surface area contributed by atoms with Crippen LogP contribution in [-0.2, 0) is 16.0 Å². The highest BCUT2D eigenvalue weighted by atomic mass is 16.5. The molecule has 4 rings (SSSR count). The Balaban J connectivity index is 1.56. The van der Waals surface area contributed by atoms with Gasteiger partial charge in [0.25, 0.3) is 0 Å². The summed E-state index contributed by atoms with van der Waals surface area (Å²) in [5, 5.41) is 15.8. The van der Waals surface area contributed by atoms with E-state index >= 15 is 0 Å². The molecule has 3 atom stereocenters. The lowest BCUT2D eigenvalue weighted by Crippen LogP contribution is -2.48. The molecule has 40 heavy (non-hydrogen) atoms. The molecule has 0 unspecified atom stereocenters. The summed E-state index contributed by atoms with van der Waals surface area (Å²) in [4.78, 5) is 42.5. The van der Waals surface area contributed by atoms with Crippen LogP contribution in [0.4, 0.5) is 16.2 Å². The molecule has 1 heterocycles. The van der Waals surface area contributed by atoms with Crippen LogP contribution >= 0.6 is 0 Å². The van der Waals surface area contributed by atoms with Crippen molar-refractivity contribution in [2.75, 3.05) is 37.4 Å². The van der Waals surface area contributed by atoms with Gasteiger partial charge in [0, 0.05) is 42.4 Å². The topological polar surface area (TPSA) is 111 Å². The summed E-state index contributed by atoms with van der Waals surface area (Å²) >= 11 is 0. The highest BCUT2D eigenvalue weighted by Gasteiger charge is 2.32. The predicted octanol–water partition coefficient (Wildman–Crippen LogP) is 4.52. The van der Waals surface area contributed by atoms with E-state index in [2.05, 4.69) is 10.6 Å². The van der Waals surface area contributed by atoms with Crippen LogP contribution < -0.4 is 15.4 Å². The fourth-order valence-corrected chi connectivity index (χ4v) is 5.43. The van der Waals surface area contributed by atoms with Crippen LogP contribution in [0.25, 0.3) is 0 Å². The van der Waals surface area contributed by atoms with Crippen molar-refractivity contribution in [3.8, 4) is 5.75 Å². The number of carbonyl (C=O) groups excluding carboxylic acids is 3. The van der Waals surface area contributed by atoms with E-state index in [0.29, 0.717) is 29.2 Å². The second-order valence-corrected chi connectivity index (χ2v) is 11.2. The third-order valence-electron chi connectivity index (χ3n) is 7.99. The largest absolute Gasteiger partial charge is 0.488 e. The Morgan fingerprint density at radius 2 is 1.80 bits per heavy atom. The van der Waals surface area contributed by atoms with Crippen LogP contribution in [0.15, 0.2) is 48.5 Å². The first-order chi connectivity index (χ1) is 19.2. The monoisotopic (exact) mass is 550 g/mol. The molecule has 9 heteroatoms. The summed E-state index contributed by atoms with van der Waals surface area (Å²) in [5.41, 5.74) is 2.00. The van der Waals surface area contributed by atoms with Crippen molar-refractivity contribution in [3.05, 3.63) is 54.1 Å². The van der Waals surface area contributed by atoms with Crippen LogP contribution in [0.2, 0.25) is 0 Å². The van der Waals surface area contributed by atoms with Gasteiger partial charge in [0.2, 0.25) is 11.8 Å². The Bertz CT molecular complexity index is 1170. The fraction of sp³-hybridized carbons (Fsp3) is 0.516. The van der Waals surface area contributed by atoms with Crippen molar-refractivity contribution in [1.29, 1.82) is 0 Å². The number of fused-ring (bicyclic) bond motifs is 1. The van der Waals surface area contributed by atoms with Crippen LogP contribution in [0, 0.1) is 11.8 Å². The molecule has 2 aromatic rings. The molecule has 0 spiro atoms. The minimum atomic E-state index is -0.424. The number of hydrogen-bond acceptors (Lipinski definition) is 5. The van der Waals surface area contributed by atoms with Gasteiger partial charge in [0.05, 0.1) is 25.6 Å². The van der Waals surface area contributed by atoms with E-state index in [0.717, 1.165) is 25.7 Å². The van der Waals surface area contributed by atoms with Crippen LogP contribution in [-0.4, -0.2) is 71.6 Å². The molecule has 0 radical (unpaired) electrons. The van der Waals surface area contributed by atoms with Gasteiger partial charge in [-0.15, -0.1) is 0 Å².